The maximum Gasteiger partial charge on any atom is 0.264 e. The van der Waals surface area contributed by atoms with Crippen molar-refractivity contribution in [3.63, 3.8) is 0 Å². The van der Waals surface area contributed by atoms with Crippen LogP contribution in [0.1, 0.15) is 11.1 Å². The van der Waals surface area contributed by atoms with Crippen molar-refractivity contribution in [3.05, 3.63) is 59.7 Å². The zero-order valence-electron chi connectivity index (χ0n) is 15.0. The third-order valence-electron chi connectivity index (χ3n) is 4.10. The quantitative estimate of drug-likeness (QED) is 0.618. The highest BCUT2D eigenvalue weighted by atomic mass is 32.2. The van der Waals surface area contributed by atoms with Gasteiger partial charge in [-0.2, -0.15) is 8.42 Å². The molecular formula is C20H21NO4S. The molecule has 136 valence electrons. The predicted molar refractivity (Wildman–Crippen MR) is 103 cm³/mol. The SMILES string of the molecule is COc1cc(-c2ccc3cc(C)ccc3n2)ccc1CCOS(C)(=O)=O. The Morgan fingerprint density at radius 1 is 1.04 bits per heavy atom. The van der Waals surface area contributed by atoms with E-state index in [0.717, 1.165) is 34.0 Å². The van der Waals surface area contributed by atoms with Gasteiger partial charge in [0.25, 0.3) is 10.1 Å². The minimum Gasteiger partial charge on any atom is -0.496 e. The van der Waals surface area contributed by atoms with Gasteiger partial charge >= 0.3 is 0 Å². The van der Waals surface area contributed by atoms with Crippen molar-refractivity contribution in [1.82, 2.24) is 4.98 Å². The van der Waals surface area contributed by atoms with Crippen LogP contribution >= 0.6 is 0 Å². The van der Waals surface area contributed by atoms with Crippen molar-refractivity contribution in [2.45, 2.75) is 13.3 Å². The number of fused-ring (bicyclic) bond motifs is 1. The lowest BCUT2D eigenvalue weighted by Gasteiger charge is -2.11. The minimum absolute atomic E-state index is 0.0854. The van der Waals surface area contributed by atoms with Gasteiger partial charge in [-0.3, -0.25) is 4.18 Å². The molecule has 0 unspecified atom stereocenters. The van der Waals surface area contributed by atoms with Gasteiger partial charge in [-0.1, -0.05) is 29.8 Å². The molecule has 0 aliphatic rings. The molecule has 0 N–H and O–H groups in total. The largest absolute Gasteiger partial charge is 0.496 e. The summed E-state index contributed by atoms with van der Waals surface area (Å²) in [6.07, 6.45) is 1.49. The summed E-state index contributed by atoms with van der Waals surface area (Å²) in [5.41, 5.74) is 4.83. The van der Waals surface area contributed by atoms with Crippen LogP contribution in [0.3, 0.4) is 0 Å². The van der Waals surface area contributed by atoms with E-state index in [0.29, 0.717) is 12.2 Å². The summed E-state index contributed by atoms with van der Waals surface area (Å²) in [6, 6.07) is 16.0. The molecule has 5 nitrogen and oxygen atoms in total. The average Bonchev–Trinajstić information content (AvgIpc) is 2.60. The molecule has 0 saturated carbocycles. The van der Waals surface area contributed by atoms with Crippen molar-refractivity contribution in [2.24, 2.45) is 0 Å². The standard InChI is InChI=1S/C20H21NO4S/c1-14-4-8-18-16(12-14)7-9-19(21-18)17-6-5-15(20(13-17)24-2)10-11-25-26(3,22)23/h4-9,12-13H,10-11H2,1-3H3. The fourth-order valence-corrected chi connectivity index (χ4v) is 3.21. The van der Waals surface area contributed by atoms with Crippen LogP contribution in [-0.4, -0.2) is 33.4 Å². The Morgan fingerprint density at radius 3 is 2.58 bits per heavy atom. The van der Waals surface area contributed by atoms with E-state index >= 15 is 0 Å². The second-order valence-electron chi connectivity index (χ2n) is 6.20. The van der Waals surface area contributed by atoms with Crippen molar-refractivity contribution >= 4 is 21.0 Å². The first kappa shape index (κ1) is 18.4. The molecule has 0 bridgehead atoms. The summed E-state index contributed by atoms with van der Waals surface area (Å²) >= 11 is 0. The molecule has 0 atom stereocenters. The van der Waals surface area contributed by atoms with E-state index in [1.807, 2.05) is 36.4 Å². The van der Waals surface area contributed by atoms with Gasteiger partial charge in [0, 0.05) is 17.4 Å². The van der Waals surface area contributed by atoms with E-state index in [1.54, 1.807) is 7.11 Å². The van der Waals surface area contributed by atoms with E-state index < -0.39 is 10.1 Å². The first-order chi connectivity index (χ1) is 12.4. The Bertz CT molecular complexity index is 1040. The van der Waals surface area contributed by atoms with Crippen LogP contribution in [0.4, 0.5) is 0 Å². The van der Waals surface area contributed by atoms with Crippen LogP contribution in [0.5, 0.6) is 5.75 Å². The monoisotopic (exact) mass is 371 g/mol. The Labute approximate surface area is 153 Å². The van der Waals surface area contributed by atoms with Gasteiger partial charge in [-0.15, -0.1) is 0 Å². The number of benzene rings is 2. The highest BCUT2D eigenvalue weighted by Crippen LogP contribution is 2.28. The molecule has 6 heteroatoms. The summed E-state index contributed by atoms with van der Waals surface area (Å²) < 4.78 is 32.4. The number of rotatable bonds is 6. The van der Waals surface area contributed by atoms with E-state index in [4.69, 9.17) is 13.9 Å². The van der Waals surface area contributed by atoms with E-state index in [-0.39, 0.29) is 6.61 Å². The third-order valence-corrected chi connectivity index (χ3v) is 4.69. The molecule has 0 fully saturated rings. The van der Waals surface area contributed by atoms with Gasteiger partial charge < -0.3 is 4.74 Å². The van der Waals surface area contributed by atoms with Gasteiger partial charge in [-0.05, 0) is 36.8 Å². The average molecular weight is 371 g/mol. The Balaban J connectivity index is 1.88. The summed E-state index contributed by atoms with van der Waals surface area (Å²) in [5.74, 6) is 0.686. The highest BCUT2D eigenvalue weighted by molar-refractivity contribution is 7.85. The number of methoxy groups -OCH3 is 1. The van der Waals surface area contributed by atoms with Crippen molar-refractivity contribution < 1.29 is 17.3 Å². The van der Waals surface area contributed by atoms with Crippen LogP contribution in [0, 0.1) is 6.92 Å². The number of hydrogen-bond donors (Lipinski definition) is 0. The second-order valence-corrected chi connectivity index (χ2v) is 7.84. The zero-order chi connectivity index (χ0) is 18.7. The normalized spacial score (nSPS) is 11.7. The molecular weight excluding hydrogens is 350 g/mol. The van der Waals surface area contributed by atoms with Gasteiger partial charge in [0.2, 0.25) is 0 Å². The van der Waals surface area contributed by atoms with Gasteiger partial charge in [0.15, 0.2) is 0 Å². The molecule has 0 radical (unpaired) electrons. The molecule has 3 aromatic rings. The zero-order valence-corrected chi connectivity index (χ0v) is 15.8. The Kier molecular flexibility index (Phi) is 5.25. The van der Waals surface area contributed by atoms with Crippen molar-refractivity contribution in [1.29, 1.82) is 0 Å². The van der Waals surface area contributed by atoms with Gasteiger partial charge in [0.1, 0.15) is 5.75 Å². The Hall–Kier alpha value is -2.44. The van der Waals surface area contributed by atoms with Crippen LogP contribution in [0.15, 0.2) is 48.5 Å². The summed E-state index contributed by atoms with van der Waals surface area (Å²) in [7, 11) is -1.85. The number of aryl methyl sites for hydroxylation is 1. The number of hydrogen-bond acceptors (Lipinski definition) is 5. The number of ether oxygens (including phenoxy) is 1. The molecule has 3 rings (SSSR count). The summed E-state index contributed by atoms with van der Waals surface area (Å²) in [5, 5.41) is 1.11. The molecule has 1 aromatic heterocycles. The van der Waals surface area contributed by atoms with E-state index in [2.05, 4.69) is 19.1 Å². The third kappa shape index (κ3) is 4.39. The van der Waals surface area contributed by atoms with E-state index in [9.17, 15) is 8.42 Å². The molecule has 26 heavy (non-hydrogen) atoms. The highest BCUT2D eigenvalue weighted by Gasteiger charge is 2.09. The lowest BCUT2D eigenvalue weighted by atomic mass is 10.0. The lowest BCUT2D eigenvalue weighted by molar-refractivity contribution is 0.322. The molecule has 0 aliphatic carbocycles. The molecule has 0 spiro atoms. The number of aromatic nitrogens is 1. The first-order valence-electron chi connectivity index (χ1n) is 8.25. The van der Waals surface area contributed by atoms with Crippen molar-refractivity contribution in [3.8, 4) is 17.0 Å². The first-order valence-corrected chi connectivity index (χ1v) is 10.1. The van der Waals surface area contributed by atoms with Crippen LogP contribution in [0.2, 0.25) is 0 Å². The van der Waals surface area contributed by atoms with Gasteiger partial charge in [0.05, 0.1) is 31.2 Å². The minimum atomic E-state index is -3.44. The lowest BCUT2D eigenvalue weighted by Crippen LogP contribution is -2.07. The fourth-order valence-electron chi connectivity index (χ4n) is 2.82. The number of nitrogens with zero attached hydrogens (tertiary/aromatic N) is 1. The summed E-state index contributed by atoms with van der Waals surface area (Å²) in [4.78, 5) is 4.73. The molecule has 2 aromatic carbocycles. The number of pyridine rings is 1. The fraction of sp³-hybridized carbons (Fsp3) is 0.250. The Morgan fingerprint density at radius 2 is 1.85 bits per heavy atom. The van der Waals surface area contributed by atoms with Crippen LogP contribution in [0.25, 0.3) is 22.2 Å². The van der Waals surface area contributed by atoms with Crippen LogP contribution in [-0.2, 0) is 20.7 Å². The van der Waals surface area contributed by atoms with Crippen LogP contribution < -0.4 is 4.74 Å². The molecule has 0 aliphatic heterocycles. The maximum absolute atomic E-state index is 11.1. The summed E-state index contributed by atoms with van der Waals surface area (Å²) in [6.45, 7) is 2.15. The molecule has 0 amide bonds. The smallest absolute Gasteiger partial charge is 0.264 e. The molecule has 0 saturated heterocycles. The topological polar surface area (TPSA) is 65.5 Å². The van der Waals surface area contributed by atoms with Crippen molar-refractivity contribution in [2.75, 3.05) is 20.0 Å². The second kappa shape index (κ2) is 7.43. The predicted octanol–water partition coefficient (Wildman–Crippen LogP) is 3.74. The molecule has 1 heterocycles. The van der Waals surface area contributed by atoms with Gasteiger partial charge in [-0.25, -0.2) is 4.98 Å². The van der Waals surface area contributed by atoms with E-state index in [1.165, 1.54) is 5.56 Å². The maximum atomic E-state index is 11.1.